The van der Waals surface area contributed by atoms with E-state index in [9.17, 15) is 0 Å². The van der Waals surface area contributed by atoms with E-state index in [0.717, 1.165) is 39.0 Å². The first-order valence-corrected chi connectivity index (χ1v) is 6.24. The molecule has 3 nitrogen and oxygen atoms in total. The van der Waals surface area contributed by atoms with Crippen LogP contribution < -0.4 is 0 Å². The van der Waals surface area contributed by atoms with E-state index in [4.69, 9.17) is 9.47 Å². The van der Waals surface area contributed by atoms with Gasteiger partial charge in [-0.05, 0) is 32.7 Å². The van der Waals surface area contributed by atoms with E-state index >= 15 is 0 Å². The highest BCUT2D eigenvalue weighted by molar-refractivity contribution is 4.75. The van der Waals surface area contributed by atoms with Crippen LogP contribution in [0.3, 0.4) is 0 Å². The molecule has 0 spiro atoms. The zero-order valence-corrected chi connectivity index (χ0v) is 10.4. The maximum atomic E-state index is 5.94. The van der Waals surface area contributed by atoms with Crippen molar-refractivity contribution in [2.75, 3.05) is 26.8 Å². The summed E-state index contributed by atoms with van der Waals surface area (Å²) in [5.41, 5.74) is 0. The van der Waals surface area contributed by atoms with Gasteiger partial charge in [-0.1, -0.05) is 13.8 Å². The molecule has 0 unspecified atom stereocenters. The zero-order valence-electron chi connectivity index (χ0n) is 10.4. The number of ether oxygens (including phenoxy) is 2. The molecule has 3 heteroatoms. The first-order chi connectivity index (χ1) is 7.25. The van der Waals surface area contributed by atoms with E-state index in [-0.39, 0.29) is 0 Å². The number of hydrogen-bond acceptors (Lipinski definition) is 3. The molecule has 0 aromatic heterocycles. The zero-order chi connectivity index (χ0) is 11.1. The fraction of sp³-hybridized carbons (Fsp3) is 1.00. The number of rotatable bonds is 6. The van der Waals surface area contributed by atoms with Gasteiger partial charge in [0.15, 0.2) is 0 Å². The van der Waals surface area contributed by atoms with Crippen LogP contribution in [-0.2, 0) is 9.47 Å². The van der Waals surface area contributed by atoms with E-state index in [1.807, 2.05) is 0 Å². The molecule has 1 rings (SSSR count). The summed E-state index contributed by atoms with van der Waals surface area (Å²) in [6.07, 6.45) is 5.56. The first-order valence-electron chi connectivity index (χ1n) is 6.24. The van der Waals surface area contributed by atoms with Gasteiger partial charge in [-0.3, -0.25) is 4.90 Å². The molecule has 1 aliphatic heterocycles. The second-order valence-corrected chi connectivity index (χ2v) is 4.29. The third kappa shape index (κ3) is 3.44. The van der Waals surface area contributed by atoms with Crippen molar-refractivity contribution in [3.63, 3.8) is 0 Å². The van der Waals surface area contributed by atoms with Gasteiger partial charge in [-0.15, -0.1) is 0 Å². The summed E-state index contributed by atoms with van der Waals surface area (Å²) in [5, 5.41) is 0. The molecule has 90 valence electrons. The lowest BCUT2D eigenvalue weighted by molar-refractivity contribution is -0.324. The van der Waals surface area contributed by atoms with Crippen molar-refractivity contribution in [3.8, 4) is 0 Å². The number of hydrogen-bond donors (Lipinski definition) is 0. The summed E-state index contributed by atoms with van der Waals surface area (Å²) in [6.45, 7) is 6.92. The van der Waals surface area contributed by atoms with Crippen molar-refractivity contribution in [2.24, 2.45) is 0 Å². The summed E-state index contributed by atoms with van der Waals surface area (Å²) in [4.78, 5) is 2.22. The minimum Gasteiger partial charge on any atom is -0.337 e. The Hall–Kier alpha value is -0.120. The average Bonchev–Trinajstić information content (AvgIpc) is 2.27. The second kappa shape index (κ2) is 6.46. The summed E-state index contributed by atoms with van der Waals surface area (Å²) in [5.74, 6) is -0.426. The highest BCUT2D eigenvalue weighted by atomic mass is 16.7. The Kier molecular flexibility index (Phi) is 5.58. The van der Waals surface area contributed by atoms with Crippen molar-refractivity contribution >= 4 is 0 Å². The van der Waals surface area contributed by atoms with E-state index in [2.05, 4.69) is 25.8 Å². The van der Waals surface area contributed by atoms with Crippen LogP contribution >= 0.6 is 0 Å². The van der Waals surface area contributed by atoms with Crippen LogP contribution in [0.4, 0.5) is 0 Å². The SMILES string of the molecule is CCCOC1(OCCC)CCCCN1C. The Morgan fingerprint density at radius 2 is 1.67 bits per heavy atom. The predicted octanol–water partition coefficient (Wildman–Crippen LogP) is 2.61. The molecule has 0 aliphatic carbocycles. The maximum absolute atomic E-state index is 5.94. The predicted molar refractivity (Wildman–Crippen MR) is 61.7 cm³/mol. The van der Waals surface area contributed by atoms with Gasteiger partial charge in [0.05, 0.1) is 13.2 Å². The van der Waals surface area contributed by atoms with Crippen molar-refractivity contribution in [3.05, 3.63) is 0 Å². The van der Waals surface area contributed by atoms with Crippen molar-refractivity contribution in [1.82, 2.24) is 4.90 Å². The standard InChI is InChI=1S/C12H25NO2/c1-4-10-14-12(15-11-5-2)8-6-7-9-13(12)3/h4-11H2,1-3H3. The van der Waals surface area contributed by atoms with Crippen LogP contribution in [0.2, 0.25) is 0 Å². The third-order valence-corrected chi connectivity index (χ3v) is 2.88. The monoisotopic (exact) mass is 215 g/mol. The fourth-order valence-electron chi connectivity index (χ4n) is 1.99. The third-order valence-electron chi connectivity index (χ3n) is 2.88. The van der Waals surface area contributed by atoms with Crippen LogP contribution in [0.25, 0.3) is 0 Å². The normalized spacial score (nSPS) is 21.8. The Balaban J connectivity index is 2.55. The molecule has 1 saturated heterocycles. The van der Waals surface area contributed by atoms with Crippen LogP contribution in [0.5, 0.6) is 0 Å². The molecule has 0 N–H and O–H groups in total. The molecule has 0 aromatic rings. The lowest BCUT2D eigenvalue weighted by Gasteiger charge is -2.44. The number of likely N-dealkylation sites (tertiary alicyclic amines) is 1. The molecule has 0 bridgehead atoms. The van der Waals surface area contributed by atoms with E-state index in [1.54, 1.807) is 0 Å². The molecule has 1 fully saturated rings. The molecular formula is C12H25NO2. The highest BCUT2D eigenvalue weighted by Gasteiger charge is 2.38. The van der Waals surface area contributed by atoms with Gasteiger partial charge in [0, 0.05) is 13.0 Å². The molecule has 0 radical (unpaired) electrons. The minimum absolute atomic E-state index is 0.426. The molecule has 0 amide bonds. The smallest absolute Gasteiger partial charge is 0.229 e. The molecule has 15 heavy (non-hydrogen) atoms. The summed E-state index contributed by atoms with van der Waals surface area (Å²) in [7, 11) is 2.10. The van der Waals surface area contributed by atoms with Crippen LogP contribution in [0.15, 0.2) is 0 Å². The molecule has 1 heterocycles. The lowest BCUT2D eigenvalue weighted by atomic mass is 10.1. The Morgan fingerprint density at radius 3 is 2.13 bits per heavy atom. The molecule has 0 aromatic carbocycles. The van der Waals surface area contributed by atoms with Crippen molar-refractivity contribution in [1.29, 1.82) is 0 Å². The fourth-order valence-corrected chi connectivity index (χ4v) is 1.99. The van der Waals surface area contributed by atoms with Gasteiger partial charge in [-0.2, -0.15) is 0 Å². The Labute approximate surface area is 93.7 Å². The lowest BCUT2D eigenvalue weighted by Crippen LogP contribution is -2.54. The number of piperidine rings is 1. The Morgan fingerprint density at radius 1 is 1.07 bits per heavy atom. The summed E-state index contributed by atoms with van der Waals surface area (Å²) < 4.78 is 11.9. The van der Waals surface area contributed by atoms with Crippen LogP contribution in [0.1, 0.15) is 46.0 Å². The van der Waals surface area contributed by atoms with E-state index in [0.29, 0.717) is 0 Å². The van der Waals surface area contributed by atoms with Gasteiger partial charge < -0.3 is 9.47 Å². The second-order valence-electron chi connectivity index (χ2n) is 4.29. The van der Waals surface area contributed by atoms with Crippen LogP contribution in [-0.4, -0.2) is 37.6 Å². The number of nitrogens with zero attached hydrogens (tertiary/aromatic N) is 1. The minimum atomic E-state index is -0.426. The van der Waals surface area contributed by atoms with Crippen molar-refractivity contribution in [2.45, 2.75) is 51.9 Å². The van der Waals surface area contributed by atoms with Gasteiger partial charge in [0.1, 0.15) is 0 Å². The van der Waals surface area contributed by atoms with Gasteiger partial charge in [0.25, 0.3) is 0 Å². The average molecular weight is 215 g/mol. The van der Waals surface area contributed by atoms with Gasteiger partial charge >= 0.3 is 0 Å². The first kappa shape index (κ1) is 12.9. The largest absolute Gasteiger partial charge is 0.337 e. The van der Waals surface area contributed by atoms with Crippen molar-refractivity contribution < 1.29 is 9.47 Å². The highest BCUT2D eigenvalue weighted by Crippen LogP contribution is 2.29. The van der Waals surface area contributed by atoms with Gasteiger partial charge in [0.2, 0.25) is 5.91 Å². The van der Waals surface area contributed by atoms with Gasteiger partial charge in [-0.25, -0.2) is 0 Å². The Bertz CT molecular complexity index is 165. The maximum Gasteiger partial charge on any atom is 0.229 e. The summed E-state index contributed by atoms with van der Waals surface area (Å²) >= 11 is 0. The van der Waals surface area contributed by atoms with E-state index < -0.39 is 5.91 Å². The molecular weight excluding hydrogens is 190 g/mol. The van der Waals surface area contributed by atoms with E-state index in [1.165, 1.54) is 12.8 Å². The quantitative estimate of drug-likeness (QED) is 0.636. The summed E-state index contributed by atoms with van der Waals surface area (Å²) in [6, 6.07) is 0. The molecule has 1 aliphatic rings. The molecule has 0 saturated carbocycles. The topological polar surface area (TPSA) is 21.7 Å². The van der Waals surface area contributed by atoms with Crippen LogP contribution in [0, 0.1) is 0 Å². The molecule has 0 atom stereocenters.